The number of amidine groups is 1. The van der Waals surface area contributed by atoms with Gasteiger partial charge >= 0.3 is 5.69 Å². The van der Waals surface area contributed by atoms with E-state index in [1.165, 1.54) is 10.1 Å². The number of nitrogens with one attached hydrogen (secondary N) is 2. The maximum atomic E-state index is 15.1. The first-order valence-electron chi connectivity index (χ1n) is 14.8. The molecule has 0 unspecified atom stereocenters. The molecular weight excluding hydrogens is 569 g/mol. The minimum absolute atomic E-state index is 0.0545. The van der Waals surface area contributed by atoms with Crippen molar-refractivity contribution in [2.75, 3.05) is 13.7 Å². The van der Waals surface area contributed by atoms with Gasteiger partial charge in [0, 0.05) is 35.3 Å². The summed E-state index contributed by atoms with van der Waals surface area (Å²) in [5.41, 5.74) is 14.8. The van der Waals surface area contributed by atoms with Crippen LogP contribution in [0.25, 0.3) is 28.0 Å². The molecule has 6 N–H and O–H groups in total. The van der Waals surface area contributed by atoms with Gasteiger partial charge in [-0.25, -0.2) is 9.18 Å². The molecule has 5 rings (SSSR count). The molecule has 0 saturated carbocycles. The van der Waals surface area contributed by atoms with Gasteiger partial charge in [0.15, 0.2) is 5.82 Å². The molecule has 0 bridgehead atoms. The van der Waals surface area contributed by atoms with Gasteiger partial charge in [-0.05, 0) is 100 Å². The molecular formula is C32H39ClFN7O2. The SMILES string of the molecule is C[C@H](N)CCCc1cc(Cl)c(F)c(-c2cc3cn(-c4ccc([C@@H]5CCC[C@@H](CCOC(=N)N)N5C)cc4)c(=O)nc3[nH]2)c1. The van der Waals surface area contributed by atoms with Crippen LogP contribution in [-0.2, 0) is 11.2 Å². The predicted octanol–water partition coefficient (Wildman–Crippen LogP) is 5.67. The quantitative estimate of drug-likeness (QED) is 0.135. The zero-order valence-corrected chi connectivity index (χ0v) is 25.3. The number of hydrogen-bond acceptors (Lipinski definition) is 6. The normalized spacial score (nSPS) is 18.2. The number of ether oxygens (including phenoxy) is 1. The second-order valence-corrected chi connectivity index (χ2v) is 12.0. The van der Waals surface area contributed by atoms with Gasteiger partial charge in [-0.1, -0.05) is 23.7 Å². The van der Waals surface area contributed by atoms with E-state index in [4.69, 9.17) is 33.2 Å². The van der Waals surface area contributed by atoms with Gasteiger partial charge in [0.1, 0.15) is 5.65 Å². The van der Waals surface area contributed by atoms with Crippen LogP contribution in [0.4, 0.5) is 4.39 Å². The van der Waals surface area contributed by atoms with Gasteiger partial charge < -0.3 is 21.2 Å². The number of likely N-dealkylation sites (tertiary alicyclic amines) is 1. The van der Waals surface area contributed by atoms with Gasteiger partial charge in [-0.3, -0.25) is 14.9 Å². The summed E-state index contributed by atoms with van der Waals surface area (Å²) in [4.78, 5) is 22.8. The van der Waals surface area contributed by atoms with Gasteiger partial charge in [0.2, 0.25) is 0 Å². The van der Waals surface area contributed by atoms with Crippen LogP contribution in [0.5, 0.6) is 0 Å². The van der Waals surface area contributed by atoms with Crippen LogP contribution in [0, 0.1) is 11.2 Å². The number of fused-ring (bicyclic) bond motifs is 1. The van der Waals surface area contributed by atoms with Gasteiger partial charge in [0.25, 0.3) is 6.02 Å². The molecule has 1 aliphatic heterocycles. The monoisotopic (exact) mass is 607 g/mol. The predicted molar refractivity (Wildman–Crippen MR) is 169 cm³/mol. The number of benzene rings is 2. The van der Waals surface area contributed by atoms with Crippen molar-refractivity contribution in [1.29, 1.82) is 5.41 Å². The van der Waals surface area contributed by atoms with Crippen LogP contribution in [-0.4, -0.2) is 51.2 Å². The molecule has 11 heteroatoms. The third-order valence-corrected chi connectivity index (χ3v) is 8.63. The van der Waals surface area contributed by atoms with Crippen molar-refractivity contribution >= 4 is 28.7 Å². The Hall–Kier alpha value is -3.73. The van der Waals surface area contributed by atoms with Crippen molar-refractivity contribution in [2.45, 2.75) is 70.0 Å². The van der Waals surface area contributed by atoms with Crippen LogP contribution < -0.4 is 17.2 Å². The van der Waals surface area contributed by atoms with Gasteiger partial charge in [0.05, 0.1) is 23.0 Å². The summed E-state index contributed by atoms with van der Waals surface area (Å²) in [6.07, 6.45) is 8.20. The Bertz CT molecular complexity index is 1650. The number of H-pyrrole nitrogens is 1. The molecule has 43 heavy (non-hydrogen) atoms. The summed E-state index contributed by atoms with van der Waals surface area (Å²) in [6.45, 7) is 2.39. The van der Waals surface area contributed by atoms with Crippen LogP contribution in [0.2, 0.25) is 5.02 Å². The fourth-order valence-corrected chi connectivity index (χ4v) is 6.30. The van der Waals surface area contributed by atoms with Crippen molar-refractivity contribution < 1.29 is 9.13 Å². The zero-order valence-electron chi connectivity index (χ0n) is 24.6. The first-order chi connectivity index (χ1) is 20.6. The van der Waals surface area contributed by atoms with Gasteiger partial charge in [-0.15, -0.1) is 0 Å². The minimum Gasteiger partial charge on any atom is -0.466 e. The first kappa shape index (κ1) is 30.7. The third-order valence-electron chi connectivity index (χ3n) is 8.36. The molecule has 0 aliphatic carbocycles. The fourth-order valence-electron chi connectivity index (χ4n) is 6.06. The largest absolute Gasteiger partial charge is 0.466 e. The molecule has 0 amide bonds. The van der Waals surface area contributed by atoms with E-state index in [2.05, 4.69) is 34.0 Å². The van der Waals surface area contributed by atoms with E-state index in [-0.39, 0.29) is 23.1 Å². The fraction of sp³-hybridized carbons (Fsp3) is 0.406. The maximum absolute atomic E-state index is 15.1. The number of hydrogen-bond donors (Lipinski definition) is 4. The standard InChI is InChI=1S/C32H39ClFN7O2/c1-19(35)5-3-6-20-15-25(29(34)26(33)16-20)27-17-22-18-41(32(42)39-30(22)38-27)24-11-9-21(10-12-24)28-8-4-7-23(40(28)2)13-14-43-31(36)37/h9-12,15-19,23,28H,3-8,13-14,35H2,1-2H3,(H3,36,37)(H,38,39,42)/t19-,23-,28-/m0/s1. The van der Waals surface area contributed by atoms with Crippen LogP contribution in [0.15, 0.2) is 53.5 Å². The van der Waals surface area contributed by atoms with Crippen LogP contribution in [0.3, 0.4) is 0 Å². The van der Waals surface area contributed by atoms with E-state index in [0.717, 1.165) is 50.5 Å². The number of aryl methyl sites for hydroxylation is 1. The summed E-state index contributed by atoms with van der Waals surface area (Å²) in [5.74, 6) is -0.517. The average molecular weight is 608 g/mol. The molecule has 2 aromatic carbocycles. The van der Waals surface area contributed by atoms with Crippen molar-refractivity contribution in [1.82, 2.24) is 19.4 Å². The lowest BCUT2D eigenvalue weighted by molar-refractivity contribution is 0.0940. The van der Waals surface area contributed by atoms with Crippen molar-refractivity contribution in [3.8, 4) is 16.9 Å². The van der Waals surface area contributed by atoms with Crippen LogP contribution in [0.1, 0.15) is 62.6 Å². The van der Waals surface area contributed by atoms with Gasteiger partial charge in [-0.2, -0.15) is 4.98 Å². The van der Waals surface area contributed by atoms with Crippen molar-refractivity contribution in [3.05, 3.63) is 81.1 Å². The first-order valence-corrected chi connectivity index (χ1v) is 15.1. The van der Waals surface area contributed by atoms with E-state index in [0.29, 0.717) is 40.6 Å². The number of aromatic amines is 1. The average Bonchev–Trinajstić information content (AvgIpc) is 3.37. The summed E-state index contributed by atoms with van der Waals surface area (Å²) in [6, 6.07) is 13.6. The number of rotatable bonds is 10. The maximum Gasteiger partial charge on any atom is 0.354 e. The van der Waals surface area contributed by atoms with Crippen molar-refractivity contribution in [2.24, 2.45) is 11.5 Å². The summed E-state index contributed by atoms with van der Waals surface area (Å²) < 4.78 is 21.8. The lowest BCUT2D eigenvalue weighted by Gasteiger charge is -2.40. The highest BCUT2D eigenvalue weighted by Crippen LogP contribution is 2.35. The minimum atomic E-state index is -0.517. The van der Waals surface area contributed by atoms with E-state index < -0.39 is 11.5 Å². The molecule has 0 radical (unpaired) electrons. The second kappa shape index (κ2) is 13.3. The molecule has 9 nitrogen and oxygen atoms in total. The zero-order chi connectivity index (χ0) is 30.7. The molecule has 3 heterocycles. The van der Waals surface area contributed by atoms with Crippen molar-refractivity contribution in [3.63, 3.8) is 0 Å². The highest BCUT2D eigenvalue weighted by Gasteiger charge is 2.28. The molecule has 1 fully saturated rings. The molecule has 228 valence electrons. The number of nitrogens with two attached hydrogens (primary N) is 2. The highest BCUT2D eigenvalue weighted by atomic mass is 35.5. The summed E-state index contributed by atoms with van der Waals surface area (Å²) >= 11 is 6.25. The molecule has 2 aromatic heterocycles. The third kappa shape index (κ3) is 7.09. The number of nitrogens with zero attached hydrogens (tertiary/aromatic N) is 3. The second-order valence-electron chi connectivity index (χ2n) is 11.5. The Labute approximate surface area is 255 Å². The van der Waals surface area contributed by atoms with E-state index >= 15 is 4.39 Å². The topological polar surface area (TPSA) is 139 Å². The number of aromatic nitrogens is 3. The summed E-state index contributed by atoms with van der Waals surface area (Å²) in [7, 11) is 2.12. The molecule has 0 spiro atoms. The Morgan fingerprint density at radius 1 is 1.26 bits per heavy atom. The molecule has 4 aromatic rings. The highest BCUT2D eigenvalue weighted by molar-refractivity contribution is 6.31. The molecule has 1 aliphatic rings. The Morgan fingerprint density at radius 2 is 2.02 bits per heavy atom. The van der Waals surface area contributed by atoms with E-state index in [9.17, 15) is 4.79 Å². The number of halogens is 2. The Balaban J connectivity index is 1.37. The smallest absolute Gasteiger partial charge is 0.354 e. The van der Waals surface area contributed by atoms with E-state index in [1.54, 1.807) is 24.4 Å². The number of piperidine rings is 1. The van der Waals surface area contributed by atoms with E-state index in [1.807, 2.05) is 19.1 Å². The molecule has 3 atom stereocenters. The lowest BCUT2D eigenvalue weighted by atomic mass is 9.90. The summed E-state index contributed by atoms with van der Waals surface area (Å²) in [5, 5.41) is 8.00. The molecule has 1 saturated heterocycles. The Morgan fingerprint density at radius 3 is 2.74 bits per heavy atom. The van der Waals surface area contributed by atoms with Crippen LogP contribution >= 0.6 is 11.6 Å². The Kier molecular flexibility index (Phi) is 9.49. The lowest BCUT2D eigenvalue weighted by Crippen LogP contribution is -2.39.